The van der Waals surface area contributed by atoms with E-state index < -0.39 is 23.0 Å². The Balaban J connectivity index is 1.94. The van der Waals surface area contributed by atoms with Crippen LogP contribution in [0.4, 0.5) is 10.2 Å². The van der Waals surface area contributed by atoms with Gasteiger partial charge in [-0.15, -0.1) is 0 Å². The van der Waals surface area contributed by atoms with Crippen LogP contribution in [0.3, 0.4) is 0 Å². The van der Waals surface area contributed by atoms with E-state index in [4.69, 9.17) is 0 Å². The summed E-state index contributed by atoms with van der Waals surface area (Å²) in [5.74, 6) is -0.981. The number of carbonyl (C=O) groups excluding carboxylic acids is 1. The van der Waals surface area contributed by atoms with E-state index in [-0.39, 0.29) is 23.5 Å². The molecule has 0 aliphatic heterocycles. The zero-order valence-corrected chi connectivity index (χ0v) is 13.8. The average Bonchev–Trinajstić information content (AvgIpc) is 2.60. The minimum atomic E-state index is -0.817. The van der Waals surface area contributed by atoms with Crippen LogP contribution >= 0.6 is 0 Å². The first-order chi connectivity index (χ1) is 12.5. The number of carbonyl (C=O) groups is 1. The number of benzene rings is 1. The van der Waals surface area contributed by atoms with Gasteiger partial charge in [0, 0.05) is 17.5 Å². The van der Waals surface area contributed by atoms with Crippen molar-refractivity contribution < 1.29 is 9.18 Å². The van der Waals surface area contributed by atoms with Crippen molar-refractivity contribution in [3.05, 3.63) is 92.1 Å². The van der Waals surface area contributed by atoms with Crippen molar-refractivity contribution in [2.24, 2.45) is 0 Å². The maximum atomic E-state index is 13.8. The van der Waals surface area contributed by atoms with Crippen molar-refractivity contribution in [2.75, 3.05) is 5.32 Å². The Morgan fingerprint density at radius 1 is 1.19 bits per heavy atom. The number of amides is 1. The third kappa shape index (κ3) is 3.59. The van der Waals surface area contributed by atoms with Gasteiger partial charge in [0.05, 0.1) is 6.54 Å². The number of pyridine rings is 1. The normalized spacial score (nSPS) is 10.5. The molecule has 8 heteroatoms. The third-order valence-electron chi connectivity index (χ3n) is 3.72. The number of aryl methyl sites for hydroxylation is 1. The maximum Gasteiger partial charge on any atom is 0.328 e. The highest BCUT2D eigenvalue weighted by molar-refractivity contribution is 6.03. The highest BCUT2D eigenvalue weighted by atomic mass is 19.1. The lowest BCUT2D eigenvalue weighted by Crippen LogP contribution is -2.39. The number of aromatic nitrogens is 3. The molecule has 0 unspecified atom stereocenters. The summed E-state index contributed by atoms with van der Waals surface area (Å²) in [6, 6.07) is 10.8. The van der Waals surface area contributed by atoms with E-state index in [2.05, 4.69) is 15.3 Å². The predicted octanol–water partition coefficient (Wildman–Crippen LogP) is 1.68. The summed E-state index contributed by atoms with van der Waals surface area (Å²) in [7, 11) is 0. The van der Waals surface area contributed by atoms with Gasteiger partial charge in [-0.05, 0) is 25.1 Å². The minimum Gasteiger partial charge on any atom is -0.313 e. The Kier molecular flexibility index (Phi) is 4.74. The number of H-pyrrole nitrogens is 1. The van der Waals surface area contributed by atoms with Crippen LogP contribution in [0.5, 0.6) is 0 Å². The van der Waals surface area contributed by atoms with Gasteiger partial charge in [-0.2, -0.15) is 0 Å². The van der Waals surface area contributed by atoms with Crippen LogP contribution in [-0.2, 0) is 6.54 Å². The number of halogens is 1. The van der Waals surface area contributed by atoms with Crippen LogP contribution in [0.1, 0.15) is 21.6 Å². The molecule has 2 heterocycles. The first-order valence-electron chi connectivity index (χ1n) is 7.76. The van der Waals surface area contributed by atoms with Crippen molar-refractivity contribution in [2.45, 2.75) is 13.5 Å². The molecule has 1 amide bonds. The molecule has 2 aromatic heterocycles. The number of nitrogens with one attached hydrogen (secondary N) is 2. The van der Waals surface area contributed by atoms with Gasteiger partial charge in [0.2, 0.25) is 0 Å². The number of hydrogen-bond donors (Lipinski definition) is 2. The van der Waals surface area contributed by atoms with Crippen LogP contribution in [-0.4, -0.2) is 20.4 Å². The molecule has 0 saturated carbocycles. The Morgan fingerprint density at radius 2 is 1.96 bits per heavy atom. The van der Waals surface area contributed by atoms with Crippen molar-refractivity contribution in [3.63, 3.8) is 0 Å². The molecule has 0 aliphatic rings. The standard InChI is InChI=1S/C18H15FN4O3/c1-11-5-4-8-15(21-11)22-16(24)13-9-20-18(26)23(17(13)25)10-12-6-2-3-7-14(12)19/h2-9H,10H2,1H3,(H,20,26)(H,21,22,24). The molecule has 0 saturated heterocycles. The molecule has 0 bridgehead atoms. The summed E-state index contributed by atoms with van der Waals surface area (Å²) in [5, 5.41) is 2.50. The van der Waals surface area contributed by atoms with Gasteiger partial charge < -0.3 is 10.3 Å². The maximum absolute atomic E-state index is 13.8. The van der Waals surface area contributed by atoms with Crippen LogP contribution in [0.15, 0.2) is 58.3 Å². The fourth-order valence-corrected chi connectivity index (χ4v) is 2.41. The van der Waals surface area contributed by atoms with E-state index in [1.165, 1.54) is 18.2 Å². The molecule has 0 radical (unpaired) electrons. The van der Waals surface area contributed by atoms with Crippen molar-refractivity contribution >= 4 is 11.7 Å². The fraction of sp³-hybridized carbons (Fsp3) is 0.111. The number of nitrogens with zero attached hydrogens (tertiary/aromatic N) is 2. The first-order valence-corrected chi connectivity index (χ1v) is 7.76. The lowest BCUT2D eigenvalue weighted by Gasteiger charge is -2.08. The van der Waals surface area contributed by atoms with Gasteiger partial charge in [-0.3, -0.25) is 14.2 Å². The summed E-state index contributed by atoms with van der Waals surface area (Å²) < 4.78 is 14.6. The Labute approximate surface area is 147 Å². The number of aromatic amines is 1. The van der Waals surface area contributed by atoms with E-state index in [1.54, 1.807) is 31.2 Å². The Hall–Kier alpha value is -3.55. The predicted molar refractivity (Wildman–Crippen MR) is 93.8 cm³/mol. The summed E-state index contributed by atoms with van der Waals surface area (Å²) in [6.07, 6.45) is 1.04. The van der Waals surface area contributed by atoms with E-state index in [0.29, 0.717) is 5.69 Å². The number of anilines is 1. The monoisotopic (exact) mass is 354 g/mol. The lowest BCUT2D eigenvalue weighted by molar-refractivity contribution is 0.102. The SMILES string of the molecule is Cc1cccc(NC(=O)c2c[nH]c(=O)n(Cc3ccccc3F)c2=O)n1. The van der Waals surface area contributed by atoms with Crippen molar-refractivity contribution in [1.82, 2.24) is 14.5 Å². The molecular weight excluding hydrogens is 339 g/mol. The van der Waals surface area contributed by atoms with Crippen LogP contribution in [0, 0.1) is 12.7 Å². The number of rotatable bonds is 4. The Bertz CT molecular complexity index is 1090. The van der Waals surface area contributed by atoms with E-state index >= 15 is 0 Å². The molecule has 1 aromatic carbocycles. The second-order valence-electron chi connectivity index (χ2n) is 5.61. The zero-order valence-electron chi connectivity index (χ0n) is 13.8. The fourth-order valence-electron chi connectivity index (χ4n) is 2.41. The second kappa shape index (κ2) is 7.14. The molecule has 26 heavy (non-hydrogen) atoms. The molecule has 0 spiro atoms. The topological polar surface area (TPSA) is 96.9 Å². The summed E-state index contributed by atoms with van der Waals surface area (Å²) >= 11 is 0. The van der Waals surface area contributed by atoms with Gasteiger partial charge in [0.15, 0.2) is 0 Å². The molecule has 0 aliphatic carbocycles. The molecule has 2 N–H and O–H groups in total. The van der Waals surface area contributed by atoms with Gasteiger partial charge in [0.1, 0.15) is 17.2 Å². The molecule has 0 fully saturated rings. The first kappa shape index (κ1) is 17.3. The smallest absolute Gasteiger partial charge is 0.313 e. The largest absolute Gasteiger partial charge is 0.328 e. The third-order valence-corrected chi connectivity index (χ3v) is 3.72. The molecule has 132 valence electrons. The van der Waals surface area contributed by atoms with Gasteiger partial charge >= 0.3 is 5.69 Å². The minimum absolute atomic E-state index is 0.165. The van der Waals surface area contributed by atoms with Gasteiger partial charge in [-0.25, -0.2) is 14.2 Å². The molecule has 3 rings (SSSR count). The molecular formula is C18H15FN4O3. The summed E-state index contributed by atoms with van der Waals surface area (Å²) in [4.78, 5) is 43.3. The van der Waals surface area contributed by atoms with Crippen LogP contribution in [0.25, 0.3) is 0 Å². The molecule has 0 atom stereocenters. The highest BCUT2D eigenvalue weighted by Crippen LogP contribution is 2.07. The molecule has 3 aromatic rings. The molecule has 7 nitrogen and oxygen atoms in total. The summed E-state index contributed by atoms with van der Waals surface area (Å²) in [5.41, 5.74) is -0.964. The van der Waals surface area contributed by atoms with E-state index in [1.807, 2.05) is 0 Å². The average molecular weight is 354 g/mol. The number of hydrogen-bond acceptors (Lipinski definition) is 4. The Morgan fingerprint density at radius 3 is 2.69 bits per heavy atom. The second-order valence-corrected chi connectivity index (χ2v) is 5.61. The van der Waals surface area contributed by atoms with Gasteiger partial charge in [-0.1, -0.05) is 24.3 Å². The van der Waals surface area contributed by atoms with Crippen LogP contribution < -0.4 is 16.6 Å². The van der Waals surface area contributed by atoms with Crippen LogP contribution in [0.2, 0.25) is 0 Å². The lowest BCUT2D eigenvalue weighted by atomic mass is 10.2. The zero-order chi connectivity index (χ0) is 18.7. The van der Waals surface area contributed by atoms with Crippen molar-refractivity contribution in [3.8, 4) is 0 Å². The quantitative estimate of drug-likeness (QED) is 0.745. The van der Waals surface area contributed by atoms with Crippen molar-refractivity contribution in [1.29, 1.82) is 0 Å². The van der Waals surface area contributed by atoms with E-state index in [0.717, 1.165) is 10.8 Å². The highest BCUT2D eigenvalue weighted by Gasteiger charge is 2.16. The van der Waals surface area contributed by atoms with Gasteiger partial charge in [0.25, 0.3) is 11.5 Å². The summed E-state index contributed by atoms with van der Waals surface area (Å²) in [6.45, 7) is 1.47. The van der Waals surface area contributed by atoms with E-state index in [9.17, 15) is 18.8 Å².